The van der Waals surface area contributed by atoms with E-state index < -0.39 is 11.9 Å². The van der Waals surface area contributed by atoms with Crippen LogP contribution in [0, 0.1) is 0 Å². The molecular formula is C33H26F3N5O. The first-order valence-electron chi connectivity index (χ1n) is 13.8. The SMILES string of the molecule is CC(C)c1cccc(C(C)C)c1-n1cc(C(F)(F)F)nc1-c1cccc2c1oc1cc3c(cc12)nnc1ccncc13. The third-order valence-corrected chi connectivity index (χ3v) is 7.79. The summed E-state index contributed by atoms with van der Waals surface area (Å²) in [5, 5.41) is 11.9. The minimum absolute atomic E-state index is 0.0723. The van der Waals surface area contributed by atoms with Crippen LogP contribution in [0.1, 0.15) is 56.4 Å². The van der Waals surface area contributed by atoms with Crippen LogP contribution in [-0.2, 0) is 6.18 Å². The first-order valence-corrected chi connectivity index (χ1v) is 13.8. The highest BCUT2D eigenvalue weighted by atomic mass is 19.4. The first kappa shape index (κ1) is 26.1. The molecule has 210 valence electrons. The Morgan fingerprint density at radius 3 is 2.21 bits per heavy atom. The lowest BCUT2D eigenvalue weighted by Crippen LogP contribution is -2.08. The number of hydrogen-bond donors (Lipinski definition) is 0. The van der Waals surface area contributed by atoms with Crippen molar-refractivity contribution in [3.8, 4) is 17.1 Å². The van der Waals surface area contributed by atoms with Crippen LogP contribution < -0.4 is 0 Å². The van der Waals surface area contributed by atoms with Gasteiger partial charge in [0.1, 0.15) is 17.0 Å². The average Bonchev–Trinajstić information content (AvgIpc) is 3.57. The van der Waals surface area contributed by atoms with Gasteiger partial charge < -0.3 is 4.42 Å². The van der Waals surface area contributed by atoms with Crippen molar-refractivity contribution < 1.29 is 17.6 Å². The van der Waals surface area contributed by atoms with Crippen molar-refractivity contribution in [2.24, 2.45) is 0 Å². The molecule has 0 atom stereocenters. The van der Waals surface area contributed by atoms with Crippen molar-refractivity contribution in [3.05, 3.63) is 90.0 Å². The number of imidazole rings is 1. The number of hydrogen-bond acceptors (Lipinski definition) is 5. The van der Waals surface area contributed by atoms with Crippen LogP contribution in [0.3, 0.4) is 0 Å². The highest BCUT2D eigenvalue weighted by Crippen LogP contribution is 2.42. The van der Waals surface area contributed by atoms with Gasteiger partial charge in [0.15, 0.2) is 5.69 Å². The maximum Gasteiger partial charge on any atom is 0.434 e. The number of furan rings is 1. The molecule has 0 bridgehead atoms. The molecule has 0 aliphatic rings. The molecule has 0 radical (unpaired) electrons. The average molecular weight is 566 g/mol. The van der Waals surface area contributed by atoms with Crippen molar-refractivity contribution in [1.82, 2.24) is 24.7 Å². The minimum Gasteiger partial charge on any atom is -0.455 e. The van der Waals surface area contributed by atoms with Gasteiger partial charge in [0, 0.05) is 40.1 Å². The summed E-state index contributed by atoms with van der Waals surface area (Å²) in [6, 6.07) is 17.0. The minimum atomic E-state index is -4.63. The molecule has 7 rings (SSSR count). The molecule has 0 fully saturated rings. The van der Waals surface area contributed by atoms with E-state index in [0.29, 0.717) is 33.5 Å². The number of nitrogens with zero attached hydrogens (tertiary/aromatic N) is 5. The van der Waals surface area contributed by atoms with Crippen LogP contribution in [0.4, 0.5) is 13.2 Å². The molecule has 4 heterocycles. The third-order valence-electron chi connectivity index (χ3n) is 7.79. The highest BCUT2D eigenvalue weighted by Gasteiger charge is 2.36. The second-order valence-electron chi connectivity index (χ2n) is 11.2. The maximum atomic E-state index is 14.2. The molecule has 0 N–H and O–H groups in total. The Kier molecular flexibility index (Phi) is 5.83. The molecule has 7 aromatic rings. The van der Waals surface area contributed by atoms with Crippen molar-refractivity contribution in [3.63, 3.8) is 0 Å². The number of alkyl halides is 3. The Balaban J connectivity index is 1.55. The van der Waals surface area contributed by atoms with E-state index in [2.05, 4.69) is 20.2 Å². The molecule has 3 aromatic carbocycles. The summed E-state index contributed by atoms with van der Waals surface area (Å²) in [5.74, 6) is 0.312. The monoisotopic (exact) mass is 565 g/mol. The van der Waals surface area contributed by atoms with Gasteiger partial charge >= 0.3 is 6.18 Å². The second kappa shape index (κ2) is 9.37. The molecule has 0 aliphatic heterocycles. The third kappa shape index (κ3) is 4.02. The first-order chi connectivity index (χ1) is 20.1. The zero-order chi connectivity index (χ0) is 29.3. The van der Waals surface area contributed by atoms with Crippen molar-refractivity contribution >= 4 is 43.7 Å². The van der Waals surface area contributed by atoms with Gasteiger partial charge in [-0.25, -0.2) is 4.98 Å². The van der Waals surface area contributed by atoms with Gasteiger partial charge in [0.05, 0.1) is 22.3 Å². The lowest BCUT2D eigenvalue weighted by atomic mass is 9.92. The molecule has 0 spiro atoms. The summed E-state index contributed by atoms with van der Waals surface area (Å²) in [7, 11) is 0. The molecule has 0 aliphatic carbocycles. The van der Waals surface area contributed by atoms with Gasteiger partial charge in [-0.15, -0.1) is 10.2 Å². The molecule has 0 amide bonds. The van der Waals surface area contributed by atoms with Crippen LogP contribution in [0.2, 0.25) is 0 Å². The Hall–Kier alpha value is -4.79. The molecule has 4 aromatic heterocycles. The Morgan fingerprint density at radius 2 is 1.50 bits per heavy atom. The number of benzene rings is 3. The zero-order valence-corrected chi connectivity index (χ0v) is 23.4. The summed E-state index contributed by atoms with van der Waals surface area (Å²) in [4.78, 5) is 8.43. The van der Waals surface area contributed by atoms with E-state index in [9.17, 15) is 13.2 Å². The fraction of sp³-hybridized carbons (Fsp3) is 0.212. The van der Waals surface area contributed by atoms with Crippen LogP contribution >= 0.6 is 0 Å². The van der Waals surface area contributed by atoms with E-state index >= 15 is 0 Å². The van der Waals surface area contributed by atoms with E-state index in [1.807, 2.05) is 70.2 Å². The predicted molar refractivity (Wildman–Crippen MR) is 158 cm³/mol. The topological polar surface area (TPSA) is 69.6 Å². The van der Waals surface area contributed by atoms with E-state index in [1.54, 1.807) is 29.1 Å². The van der Waals surface area contributed by atoms with Gasteiger partial charge in [0.2, 0.25) is 0 Å². The zero-order valence-electron chi connectivity index (χ0n) is 23.4. The van der Waals surface area contributed by atoms with E-state index in [4.69, 9.17) is 4.42 Å². The smallest absolute Gasteiger partial charge is 0.434 e. The molecule has 0 unspecified atom stereocenters. The van der Waals surface area contributed by atoms with Gasteiger partial charge in [-0.2, -0.15) is 13.2 Å². The molecular weight excluding hydrogens is 539 g/mol. The number of pyridine rings is 1. The summed E-state index contributed by atoms with van der Waals surface area (Å²) in [6.07, 6.45) is -0.126. The van der Waals surface area contributed by atoms with Crippen molar-refractivity contribution in [1.29, 1.82) is 0 Å². The largest absolute Gasteiger partial charge is 0.455 e. The highest BCUT2D eigenvalue weighted by molar-refractivity contribution is 6.15. The summed E-state index contributed by atoms with van der Waals surface area (Å²) in [6.45, 7) is 8.15. The summed E-state index contributed by atoms with van der Waals surface area (Å²) in [5.41, 5.74) is 4.52. The number of aromatic nitrogens is 5. The number of para-hydroxylation sites is 2. The fourth-order valence-electron chi connectivity index (χ4n) is 5.76. The number of rotatable bonds is 4. The number of halogens is 3. The van der Waals surface area contributed by atoms with E-state index in [-0.39, 0.29) is 17.7 Å². The molecule has 9 heteroatoms. The van der Waals surface area contributed by atoms with Crippen LogP contribution in [0.15, 0.2) is 77.6 Å². The molecule has 0 saturated carbocycles. The van der Waals surface area contributed by atoms with E-state index in [1.165, 1.54) is 0 Å². The lowest BCUT2D eigenvalue weighted by Gasteiger charge is -2.21. The van der Waals surface area contributed by atoms with Gasteiger partial charge in [0.25, 0.3) is 0 Å². The van der Waals surface area contributed by atoms with Crippen LogP contribution in [-0.4, -0.2) is 24.7 Å². The van der Waals surface area contributed by atoms with Crippen molar-refractivity contribution in [2.75, 3.05) is 0 Å². The quantitative estimate of drug-likeness (QED) is 0.199. The van der Waals surface area contributed by atoms with Crippen molar-refractivity contribution in [2.45, 2.75) is 45.7 Å². The molecule has 6 nitrogen and oxygen atoms in total. The molecule has 42 heavy (non-hydrogen) atoms. The van der Waals surface area contributed by atoms with Gasteiger partial charge in [-0.05, 0) is 47.2 Å². The summed E-state index contributed by atoms with van der Waals surface area (Å²) < 4.78 is 50.6. The summed E-state index contributed by atoms with van der Waals surface area (Å²) >= 11 is 0. The molecule has 0 saturated heterocycles. The Morgan fingerprint density at radius 1 is 0.786 bits per heavy atom. The van der Waals surface area contributed by atoms with Gasteiger partial charge in [-0.1, -0.05) is 58.0 Å². The van der Waals surface area contributed by atoms with Crippen LogP contribution in [0.25, 0.3) is 60.8 Å². The Bertz CT molecular complexity index is 2130. The Labute approximate surface area is 238 Å². The lowest BCUT2D eigenvalue weighted by molar-refractivity contribution is -0.140. The van der Waals surface area contributed by atoms with Gasteiger partial charge in [-0.3, -0.25) is 9.55 Å². The standard InChI is InChI=1S/C33H26F3N5O/c1-17(2)19-7-5-8-20(18(3)4)30(19)41-16-29(33(34,35)36)38-32(41)22-10-6-9-21-24-13-27-23(14-28(24)42-31(21)22)25-15-37-12-11-26(25)39-40-27/h5-18H,1-4H3. The number of fused-ring (bicyclic) bond motifs is 6. The second-order valence-corrected chi connectivity index (χ2v) is 11.2. The normalized spacial score (nSPS) is 12.6. The van der Waals surface area contributed by atoms with Crippen LogP contribution in [0.5, 0.6) is 0 Å². The predicted octanol–water partition coefficient (Wildman–Crippen LogP) is 9.20. The fourth-order valence-corrected chi connectivity index (χ4v) is 5.76. The van der Waals surface area contributed by atoms with E-state index in [0.717, 1.165) is 38.9 Å². The maximum absolute atomic E-state index is 14.2.